The fourth-order valence-electron chi connectivity index (χ4n) is 0.105. The zero-order valence-electron chi connectivity index (χ0n) is 4.09. The van der Waals surface area contributed by atoms with Crippen LogP contribution in [0.4, 0.5) is 0 Å². The molecule has 0 bridgehead atoms. The average Bonchev–Trinajstić information content (AvgIpc) is 1.35. The van der Waals surface area contributed by atoms with Gasteiger partial charge < -0.3 is 4.84 Å². The number of hydrogen-bond donors (Lipinski definition) is 0. The minimum absolute atomic E-state index is 0. The molecule has 0 radical (unpaired) electrons. The van der Waals surface area contributed by atoms with Crippen LogP contribution < -0.4 is 0 Å². The molecule has 0 aliphatic carbocycles. The van der Waals surface area contributed by atoms with Gasteiger partial charge in [0, 0.05) is 27.7 Å². The van der Waals surface area contributed by atoms with Gasteiger partial charge in [0.15, 0.2) is 0 Å². The van der Waals surface area contributed by atoms with Gasteiger partial charge >= 0.3 is 0 Å². The van der Waals surface area contributed by atoms with Crippen LogP contribution in [0.2, 0.25) is 0 Å². The summed E-state index contributed by atoms with van der Waals surface area (Å²) in [5.74, 6) is 0. The molecule has 0 saturated carbocycles. The first-order chi connectivity index (χ1) is 2.77. The molecule has 0 rings (SSSR count). The first kappa shape index (κ1) is 10.2. The Hall–Kier alpha value is 0.135. The molecule has 0 unspecified atom stereocenters. The van der Waals surface area contributed by atoms with Gasteiger partial charge in [0.25, 0.3) is 5.09 Å². The molecule has 0 saturated heterocycles. The van der Waals surface area contributed by atoms with Gasteiger partial charge in [-0.05, 0) is 6.92 Å². The van der Waals surface area contributed by atoms with E-state index in [1.165, 1.54) is 0 Å². The Morgan fingerprint density at radius 1 is 1.86 bits per heavy atom. The quantitative estimate of drug-likeness (QED) is 0.415. The van der Waals surface area contributed by atoms with Crippen molar-refractivity contribution >= 4 is 0 Å². The van der Waals surface area contributed by atoms with E-state index in [0.717, 1.165) is 0 Å². The van der Waals surface area contributed by atoms with E-state index >= 15 is 0 Å². The summed E-state index contributed by atoms with van der Waals surface area (Å²) in [5.41, 5.74) is 0. The maximum absolute atomic E-state index is 9.18. The number of rotatable bonds is 2. The summed E-state index contributed by atoms with van der Waals surface area (Å²) in [6, 6.07) is 0. The third-order valence-corrected chi connectivity index (χ3v) is 0.235. The van der Waals surface area contributed by atoms with Gasteiger partial charge in [-0.1, -0.05) is 0 Å². The first-order valence-electron chi connectivity index (χ1n) is 1.54. The van der Waals surface area contributed by atoms with E-state index in [-0.39, 0.29) is 34.3 Å². The maximum atomic E-state index is 9.18. The topological polar surface area (TPSA) is 52.4 Å². The van der Waals surface area contributed by atoms with Crippen molar-refractivity contribution in [2.45, 2.75) is 6.92 Å². The molecule has 7 heavy (non-hydrogen) atoms. The summed E-state index contributed by atoms with van der Waals surface area (Å²) in [4.78, 5) is 12.9. The van der Waals surface area contributed by atoms with E-state index in [9.17, 15) is 10.1 Å². The summed E-state index contributed by atoms with van der Waals surface area (Å²) in [7, 11) is 0. The van der Waals surface area contributed by atoms with Crippen LogP contribution in [0.25, 0.3) is 0 Å². The second-order valence-corrected chi connectivity index (χ2v) is 0.641. The Morgan fingerprint density at radius 2 is 2.29 bits per heavy atom. The average molecular weight is 292 g/mol. The van der Waals surface area contributed by atoms with Crippen LogP contribution in [0.5, 0.6) is 0 Å². The van der Waals surface area contributed by atoms with Crippen molar-refractivity contribution in [2.75, 3.05) is 6.61 Å². The molecule has 0 atom stereocenters. The van der Waals surface area contributed by atoms with E-state index in [2.05, 4.69) is 4.84 Å². The van der Waals surface area contributed by atoms with Crippen LogP contribution in [0.15, 0.2) is 0 Å². The molecule has 0 aliphatic rings. The predicted octanol–water partition coefficient (Wildman–Crippen LogP) is 0.212. The summed E-state index contributed by atoms with van der Waals surface area (Å²) in [6.07, 6.45) is 0. The Kier molecular flexibility index (Phi) is 8.93. The Labute approximate surface area is 61.5 Å². The van der Waals surface area contributed by atoms with Gasteiger partial charge in [0.1, 0.15) is 0 Å². The smallest absolute Gasteiger partial charge is 0.294 e. The van der Waals surface area contributed by atoms with Crippen molar-refractivity contribution in [3.05, 3.63) is 10.1 Å². The van der Waals surface area contributed by atoms with Crippen molar-refractivity contribution in [1.29, 1.82) is 0 Å². The maximum Gasteiger partial charge on any atom is 0.294 e. The van der Waals surface area contributed by atoms with Crippen LogP contribution in [0.3, 0.4) is 0 Å². The van der Waals surface area contributed by atoms with Crippen molar-refractivity contribution < 1.29 is 37.6 Å². The predicted molar refractivity (Wildman–Crippen MR) is 18.6 cm³/mol. The monoisotopic (exact) mass is 293 g/mol. The van der Waals surface area contributed by atoms with E-state index < -0.39 is 5.09 Å². The SMILES string of the molecule is CCO[N+](=O)[O-].[Hg]. The molecule has 0 fully saturated rings. The third-order valence-electron chi connectivity index (χ3n) is 0.235. The van der Waals surface area contributed by atoms with Crippen molar-refractivity contribution in [2.24, 2.45) is 0 Å². The van der Waals surface area contributed by atoms with Gasteiger partial charge in [0.2, 0.25) is 0 Å². The largest absolute Gasteiger partial charge is 0.314 e. The molecule has 0 aromatic rings. The summed E-state index contributed by atoms with van der Waals surface area (Å²) >= 11 is 0. The zero-order valence-corrected chi connectivity index (χ0v) is 9.58. The molecule has 5 heteroatoms. The molecule has 0 heterocycles. The minimum atomic E-state index is -0.819. The van der Waals surface area contributed by atoms with Crippen molar-refractivity contribution in [1.82, 2.24) is 0 Å². The van der Waals surface area contributed by atoms with Gasteiger partial charge in [-0.25, -0.2) is 0 Å². The molecule has 0 aromatic carbocycles. The van der Waals surface area contributed by atoms with Crippen LogP contribution in [0, 0.1) is 10.1 Å². The molecule has 0 spiro atoms. The van der Waals surface area contributed by atoms with E-state index in [4.69, 9.17) is 0 Å². The van der Waals surface area contributed by atoms with Crippen LogP contribution in [-0.4, -0.2) is 11.7 Å². The fourth-order valence-corrected chi connectivity index (χ4v) is 0.105. The first-order valence-corrected chi connectivity index (χ1v) is 1.54. The number of nitrogens with zero attached hydrogens (tertiary/aromatic N) is 1. The third kappa shape index (κ3) is 10.7. The van der Waals surface area contributed by atoms with Crippen molar-refractivity contribution in [3.63, 3.8) is 0 Å². The van der Waals surface area contributed by atoms with Crippen LogP contribution in [0.1, 0.15) is 6.92 Å². The second-order valence-electron chi connectivity index (χ2n) is 0.641. The zero-order chi connectivity index (χ0) is 4.99. The standard InChI is InChI=1S/C2H5NO3.Hg/c1-2-6-3(4)5;/h2H2,1H3;. The Balaban J connectivity index is 0. The minimum Gasteiger partial charge on any atom is -0.314 e. The van der Waals surface area contributed by atoms with Crippen LogP contribution >= 0.6 is 0 Å². The molecule has 0 aromatic heterocycles. The molecule has 38 valence electrons. The Bertz CT molecular complexity index is 56.9. The normalized spacial score (nSPS) is 6.43. The number of hydrogen-bond acceptors (Lipinski definition) is 3. The molecule has 0 aliphatic heterocycles. The summed E-state index contributed by atoms with van der Waals surface area (Å²) < 4.78 is 0. The van der Waals surface area contributed by atoms with Gasteiger partial charge in [-0.2, -0.15) is 0 Å². The van der Waals surface area contributed by atoms with Gasteiger partial charge in [0.05, 0.1) is 6.61 Å². The van der Waals surface area contributed by atoms with E-state index in [0.29, 0.717) is 0 Å². The molecule has 0 N–H and O–H groups in total. The van der Waals surface area contributed by atoms with Crippen molar-refractivity contribution in [3.8, 4) is 0 Å². The van der Waals surface area contributed by atoms with Gasteiger partial charge in [-0.15, -0.1) is 10.1 Å². The molecular formula is C2H5HgNO3. The molecule has 4 nitrogen and oxygen atoms in total. The van der Waals surface area contributed by atoms with E-state index in [1.807, 2.05) is 0 Å². The summed E-state index contributed by atoms with van der Waals surface area (Å²) in [5, 5.41) is 8.36. The van der Waals surface area contributed by atoms with Crippen LogP contribution in [-0.2, 0) is 32.5 Å². The molecular weight excluding hydrogens is 287 g/mol. The summed E-state index contributed by atoms with van der Waals surface area (Å²) in [6.45, 7) is 1.69. The van der Waals surface area contributed by atoms with Gasteiger partial charge in [-0.3, -0.25) is 0 Å². The molecule has 0 amide bonds. The Morgan fingerprint density at radius 3 is 2.29 bits per heavy atom. The fraction of sp³-hybridized carbons (Fsp3) is 1.00. The second kappa shape index (κ2) is 6.14. The van der Waals surface area contributed by atoms with E-state index in [1.54, 1.807) is 6.92 Å².